The van der Waals surface area contributed by atoms with Crippen LogP contribution in [0.15, 0.2) is 60.1 Å². The second-order valence-corrected chi connectivity index (χ2v) is 8.80. The molecule has 0 aliphatic heterocycles. The molecule has 4 N–H and O–H groups in total. The van der Waals surface area contributed by atoms with E-state index >= 15 is 0 Å². The lowest BCUT2D eigenvalue weighted by atomic mass is 10.2. The van der Waals surface area contributed by atoms with E-state index in [-0.39, 0.29) is 19.0 Å². The van der Waals surface area contributed by atoms with Gasteiger partial charge in [-0.1, -0.05) is 47.7 Å². The minimum atomic E-state index is -0.587. The fraction of sp³-hybridized carbons (Fsp3) is 0.182. The van der Waals surface area contributed by atoms with Gasteiger partial charge in [-0.25, -0.2) is 4.79 Å². The van der Waals surface area contributed by atoms with Crippen LogP contribution in [0.1, 0.15) is 15.9 Å². The lowest BCUT2D eigenvalue weighted by molar-refractivity contribution is -0.120. The van der Waals surface area contributed by atoms with Crippen LogP contribution in [0.3, 0.4) is 0 Å². The fourth-order valence-electron chi connectivity index (χ4n) is 2.75. The Bertz CT molecular complexity index is 1150. The third-order valence-electron chi connectivity index (χ3n) is 4.34. The van der Waals surface area contributed by atoms with Crippen LogP contribution in [0.4, 0.5) is 15.6 Å². The quantitative estimate of drug-likeness (QED) is 0.316. The normalized spacial score (nSPS) is 11.0. The maximum atomic E-state index is 12.7. The number of nitrogens with one attached hydrogen (secondary N) is 4. The second-order valence-electron chi connectivity index (χ2n) is 6.77. The van der Waals surface area contributed by atoms with E-state index in [9.17, 15) is 14.4 Å². The van der Waals surface area contributed by atoms with Gasteiger partial charge in [0.15, 0.2) is 0 Å². The number of benzene rings is 2. The van der Waals surface area contributed by atoms with Crippen molar-refractivity contribution in [1.82, 2.24) is 20.8 Å². The molecule has 3 aromatic rings. The van der Waals surface area contributed by atoms with E-state index in [1.165, 1.54) is 34.7 Å². The van der Waals surface area contributed by atoms with Gasteiger partial charge in [-0.3, -0.25) is 14.9 Å². The number of nitrogens with zero attached hydrogens (tertiary/aromatic N) is 3. The maximum absolute atomic E-state index is 12.7. The van der Waals surface area contributed by atoms with Crippen molar-refractivity contribution in [3.8, 4) is 6.07 Å². The third-order valence-corrected chi connectivity index (χ3v) is 6.23. The highest BCUT2D eigenvalue weighted by Crippen LogP contribution is 2.18. The van der Waals surface area contributed by atoms with Gasteiger partial charge in [-0.05, 0) is 23.8 Å². The molecule has 1 unspecified atom stereocenters. The zero-order valence-corrected chi connectivity index (χ0v) is 19.5. The number of amides is 4. The number of carbonyl (C=O) groups excluding carboxylic acids is 3. The third kappa shape index (κ3) is 7.88. The van der Waals surface area contributed by atoms with Crippen molar-refractivity contribution in [1.29, 1.82) is 5.26 Å². The highest BCUT2D eigenvalue weighted by molar-refractivity contribution is 7.99. The van der Waals surface area contributed by atoms with Crippen LogP contribution in [0.5, 0.6) is 0 Å². The summed E-state index contributed by atoms with van der Waals surface area (Å²) in [6.07, 6.45) is 0. The molecule has 2 aromatic carbocycles. The number of nitriles is 1. The van der Waals surface area contributed by atoms with Gasteiger partial charge >= 0.3 is 6.03 Å². The van der Waals surface area contributed by atoms with Crippen LogP contribution in [-0.4, -0.2) is 46.4 Å². The molecular weight excluding hydrogens is 474 g/mol. The Morgan fingerprint density at radius 1 is 1.06 bits per heavy atom. The van der Waals surface area contributed by atoms with Gasteiger partial charge < -0.3 is 16.0 Å². The molecule has 0 spiro atoms. The summed E-state index contributed by atoms with van der Waals surface area (Å²) in [5.41, 5.74) is 3.27. The van der Waals surface area contributed by atoms with Crippen molar-refractivity contribution in [2.45, 2.75) is 11.0 Å². The molecule has 0 aliphatic rings. The summed E-state index contributed by atoms with van der Waals surface area (Å²) in [7, 11) is 0. The van der Waals surface area contributed by atoms with Crippen LogP contribution in [0, 0.1) is 11.3 Å². The minimum absolute atomic E-state index is 0.0722. The number of hydrogen-bond acceptors (Lipinski definition) is 8. The van der Waals surface area contributed by atoms with E-state index in [0.29, 0.717) is 22.1 Å². The average Bonchev–Trinajstić information content (AvgIpc) is 3.36. The van der Waals surface area contributed by atoms with Crippen molar-refractivity contribution in [2.75, 3.05) is 23.7 Å². The minimum Gasteiger partial charge on any atom is -0.350 e. The largest absolute Gasteiger partial charge is 0.350 e. The molecule has 10 nitrogen and oxygen atoms in total. The number of thioether (sulfide) groups is 1. The van der Waals surface area contributed by atoms with Gasteiger partial charge in [0, 0.05) is 23.5 Å². The molecule has 0 bridgehead atoms. The number of rotatable bonds is 10. The molecular formula is C22H21N7O3S2. The van der Waals surface area contributed by atoms with Crippen LogP contribution >= 0.6 is 23.1 Å². The summed E-state index contributed by atoms with van der Waals surface area (Å²) in [5.74, 6) is -0.150. The smallest absolute Gasteiger partial charge is 0.325 e. The van der Waals surface area contributed by atoms with Crippen LogP contribution in [-0.2, 0) is 10.5 Å². The van der Waals surface area contributed by atoms with Gasteiger partial charge in [-0.2, -0.15) is 5.26 Å². The molecule has 174 valence electrons. The topological polar surface area (TPSA) is 149 Å². The highest BCUT2D eigenvalue weighted by atomic mass is 32.2. The molecule has 1 aromatic heterocycles. The first kappa shape index (κ1) is 24.7. The summed E-state index contributed by atoms with van der Waals surface area (Å²) in [6, 6.07) is 17.4. The summed E-state index contributed by atoms with van der Waals surface area (Å²) in [5, 5.41) is 26.4. The molecule has 1 heterocycles. The molecule has 1 atom stereocenters. The first-order valence-corrected chi connectivity index (χ1v) is 12.0. The zero-order valence-electron chi connectivity index (χ0n) is 17.9. The molecule has 34 heavy (non-hydrogen) atoms. The van der Waals surface area contributed by atoms with Gasteiger partial charge in [0.2, 0.25) is 11.0 Å². The van der Waals surface area contributed by atoms with E-state index < -0.39 is 17.2 Å². The predicted octanol–water partition coefficient (Wildman–Crippen LogP) is 2.85. The monoisotopic (exact) mass is 495 g/mol. The summed E-state index contributed by atoms with van der Waals surface area (Å²) in [6.45, 7) is -0.0369. The molecule has 0 saturated heterocycles. The molecule has 0 aliphatic carbocycles. The number of anilines is 2. The highest BCUT2D eigenvalue weighted by Gasteiger charge is 2.20. The van der Waals surface area contributed by atoms with Crippen LogP contribution in [0.25, 0.3) is 0 Å². The average molecular weight is 496 g/mol. The first-order valence-electron chi connectivity index (χ1n) is 10.1. The maximum Gasteiger partial charge on any atom is 0.325 e. The van der Waals surface area contributed by atoms with Crippen molar-refractivity contribution in [3.63, 3.8) is 0 Å². The number of carbonyl (C=O) groups is 3. The van der Waals surface area contributed by atoms with Crippen LogP contribution < -0.4 is 21.3 Å². The Kier molecular flexibility index (Phi) is 9.39. The number of hydrogen-bond donors (Lipinski definition) is 4. The standard InChI is InChI=1S/C22H21N7O3S2/c23-9-10-24-20(31)18(33-13-15-5-2-1-3-6-15)12-25-19(30)16-7-4-8-17(11-16)27-21(32)28-22-29-26-14-34-22/h1-8,11,14,18H,10,12-13H2,(H,24,31)(H,25,30)(H2,27,28,29,32). The van der Waals surface area contributed by atoms with Gasteiger partial charge in [0.25, 0.3) is 5.91 Å². The number of urea groups is 1. The fourth-order valence-corrected chi connectivity index (χ4v) is 4.21. The van der Waals surface area contributed by atoms with Gasteiger partial charge in [0.05, 0.1) is 6.07 Å². The van der Waals surface area contributed by atoms with E-state index in [4.69, 9.17) is 5.26 Å². The van der Waals surface area contributed by atoms with Crippen LogP contribution in [0.2, 0.25) is 0 Å². The molecule has 0 radical (unpaired) electrons. The lowest BCUT2D eigenvalue weighted by Gasteiger charge is -2.17. The molecule has 12 heteroatoms. The molecule has 4 amide bonds. The Morgan fingerprint density at radius 3 is 2.62 bits per heavy atom. The van der Waals surface area contributed by atoms with Crippen molar-refractivity contribution in [3.05, 3.63) is 71.2 Å². The predicted molar refractivity (Wildman–Crippen MR) is 131 cm³/mol. The Morgan fingerprint density at radius 2 is 1.88 bits per heavy atom. The van der Waals surface area contributed by atoms with Crippen molar-refractivity contribution < 1.29 is 14.4 Å². The summed E-state index contributed by atoms with van der Waals surface area (Å²) >= 11 is 2.55. The molecule has 0 saturated carbocycles. The first-order chi connectivity index (χ1) is 16.5. The van der Waals surface area contributed by atoms with Crippen molar-refractivity contribution in [2.24, 2.45) is 0 Å². The summed E-state index contributed by atoms with van der Waals surface area (Å²) < 4.78 is 0. The SMILES string of the molecule is N#CCNC(=O)C(CNC(=O)c1cccc(NC(=O)Nc2nncs2)c1)SCc1ccccc1. The van der Waals surface area contributed by atoms with E-state index in [1.807, 2.05) is 36.4 Å². The zero-order chi connectivity index (χ0) is 24.2. The lowest BCUT2D eigenvalue weighted by Crippen LogP contribution is -2.41. The Labute approximate surface area is 204 Å². The molecule has 3 rings (SSSR count). The Hall–Kier alpha value is -3.95. The summed E-state index contributed by atoms with van der Waals surface area (Å²) in [4.78, 5) is 37.3. The van der Waals surface area contributed by atoms with Gasteiger partial charge in [-0.15, -0.1) is 22.0 Å². The van der Waals surface area contributed by atoms with E-state index in [2.05, 4.69) is 31.5 Å². The molecule has 0 fully saturated rings. The van der Waals surface area contributed by atoms with Crippen molar-refractivity contribution >= 4 is 51.8 Å². The van der Waals surface area contributed by atoms with Gasteiger partial charge in [0.1, 0.15) is 17.3 Å². The van der Waals surface area contributed by atoms with E-state index in [1.54, 1.807) is 18.2 Å². The number of aromatic nitrogens is 2. The van der Waals surface area contributed by atoms with E-state index in [0.717, 1.165) is 5.56 Å². The Balaban J connectivity index is 1.58. The second kappa shape index (κ2) is 12.9.